The molecule has 0 bridgehead atoms. The first kappa shape index (κ1) is 8.77. The van der Waals surface area contributed by atoms with Gasteiger partial charge in [-0.15, -0.1) is 6.58 Å². The fourth-order valence-electron chi connectivity index (χ4n) is 1.30. The Balaban J connectivity index is 2.55. The van der Waals surface area contributed by atoms with E-state index in [9.17, 15) is 9.59 Å². The number of rotatable bonds is 3. The van der Waals surface area contributed by atoms with Crippen molar-refractivity contribution < 1.29 is 9.59 Å². The van der Waals surface area contributed by atoms with Gasteiger partial charge >= 0.3 is 0 Å². The highest BCUT2D eigenvalue weighted by atomic mass is 16.2. The molecule has 1 fully saturated rings. The molecule has 1 heterocycles. The summed E-state index contributed by atoms with van der Waals surface area (Å²) in [6.45, 7) is 4.47. The van der Waals surface area contributed by atoms with Gasteiger partial charge in [0.2, 0.25) is 11.8 Å². The van der Waals surface area contributed by atoms with Crippen LogP contribution in [0.3, 0.4) is 0 Å². The molecule has 1 aliphatic rings. The average Bonchev–Trinajstić information content (AvgIpc) is 2.34. The molecule has 0 aliphatic carbocycles. The number of nitrogens with zero attached hydrogens (tertiary/aromatic N) is 1. The molecule has 0 saturated carbocycles. The lowest BCUT2D eigenvalue weighted by molar-refractivity contribution is -0.128. The van der Waals surface area contributed by atoms with Crippen molar-refractivity contribution in [2.45, 2.75) is 6.42 Å². The second kappa shape index (κ2) is 3.38. The van der Waals surface area contributed by atoms with Gasteiger partial charge in [0.25, 0.3) is 0 Å². The van der Waals surface area contributed by atoms with E-state index in [4.69, 9.17) is 5.73 Å². The molecule has 1 atom stereocenters. The van der Waals surface area contributed by atoms with Gasteiger partial charge in [-0.05, 0) is 0 Å². The van der Waals surface area contributed by atoms with Crippen molar-refractivity contribution in [2.75, 3.05) is 13.1 Å². The van der Waals surface area contributed by atoms with Crippen LogP contribution in [-0.4, -0.2) is 29.8 Å². The summed E-state index contributed by atoms with van der Waals surface area (Å²) < 4.78 is 0. The summed E-state index contributed by atoms with van der Waals surface area (Å²) in [6, 6.07) is 0. The van der Waals surface area contributed by atoms with E-state index >= 15 is 0 Å². The van der Waals surface area contributed by atoms with Gasteiger partial charge in [0.05, 0.1) is 5.92 Å². The smallest absolute Gasteiger partial charge is 0.223 e. The Morgan fingerprint density at radius 3 is 2.92 bits per heavy atom. The van der Waals surface area contributed by atoms with E-state index in [1.165, 1.54) is 0 Å². The third-order valence-electron chi connectivity index (χ3n) is 1.97. The molecular weight excluding hydrogens is 156 g/mol. The monoisotopic (exact) mass is 168 g/mol. The first-order chi connectivity index (χ1) is 5.65. The molecular formula is C8H12N2O2. The number of hydrogen-bond donors (Lipinski definition) is 1. The van der Waals surface area contributed by atoms with Crippen molar-refractivity contribution in [3.8, 4) is 0 Å². The van der Waals surface area contributed by atoms with Gasteiger partial charge < -0.3 is 10.6 Å². The molecule has 2 N–H and O–H groups in total. The van der Waals surface area contributed by atoms with Crippen molar-refractivity contribution in [1.82, 2.24) is 4.90 Å². The van der Waals surface area contributed by atoms with E-state index in [1.54, 1.807) is 11.0 Å². The second-order valence-corrected chi connectivity index (χ2v) is 2.89. The zero-order chi connectivity index (χ0) is 9.14. The van der Waals surface area contributed by atoms with Gasteiger partial charge in [-0.1, -0.05) is 6.08 Å². The molecule has 0 aromatic rings. The SMILES string of the molecule is C=CCN1C[C@H](C(N)=O)CC1=O. The highest BCUT2D eigenvalue weighted by Crippen LogP contribution is 2.16. The Kier molecular flexibility index (Phi) is 2.47. The van der Waals surface area contributed by atoms with Crippen LogP contribution in [0.5, 0.6) is 0 Å². The molecule has 2 amide bonds. The van der Waals surface area contributed by atoms with Gasteiger partial charge in [-0.3, -0.25) is 9.59 Å². The van der Waals surface area contributed by atoms with Crippen LogP contribution in [0.1, 0.15) is 6.42 Å². The maximum absolute atomic E-state index is 11.1. The Hall–Kier alpha value is -1.32. The van der Waals surface area contributed by atoms with Gasteiger partial charge in [-0.2, -0.15) is 0 Å². The van der Waals surface area contributed by atoms with Crippen molar-refractivity contribution in [3.05, 3.63) is 12.7 Å². The van der Waals surface area contributed by atoms with Crippen molar-refractivity contribution in [3.63, 3.8) is 0 Å². The van der Waals surface area contributed by atoms with Gasteiger partial charge in [0, 0.05) is 19.5 Å². The zero-order valence-corrected chi connectivity index (χ0v) is 6.82. The van der Waals surface area contributed by atoms with Gasteiger partial charge in [0.15, 0.2) is 0 Å². The first-order valence-corrected chi connectivity index (χ1v) is 3.83. The van der Waals surface area contributed by atoms with Crippen molar-refractivity contribution in [2.24, 2.45) is 11.7 Å². The van der Waals surface area contributed by atoms with E-state index in [2.05, 4.69) is 6.58 Å². The predicted octanol–water partition coefficient (Wildman–Crippen LogP) is -0.494. The van der Waals surface area contributed by atoms with Gasteiger partial charge in [-0.25, -0.2) is 0 Å². The van der Waals surface area contributed by atoms with Crippen LogP contribution in [-0.2, 0) is 9.59 Å². The van der Waals surface area contributed by atoms with Crippen LogP contribution in [0, 0.1) is 5.92 Å². The number of hydrogen-bond acceptors (Lipinski definition) is 2. The summed E-state index contributed by atoms with van der Waals surface area (Å²) >= 11 is 0. The van der Waals surface area contributed by atoms with E-state index in [1.807, 2.05) is 0 Å². The molecule has 1 aliphatic heterocycles. The quantitative estimate of drug-likeness (QED) is 0.578. The van der Waals surface area contributed by atoms with Crippen molar-refractivity contribution in [1.29, 1.82) is 0 Å². The summed E-state index contributed by atoms with van der Waals surface area (Å²) in [5.74, 6) is -0.717. The number of nitrogens with two attached hydrogens (primary N) is 1. The maximum atomic E-state index is 11.1. The Labute approximate surface area is 71.0 Å². The molecule has 0 radical (unpaired) electrons. The Morgan fingerprint density at radius 1 is 1.83 bits per heavy atom. The second-order valence-electron chi connectivity index (χ2n) is 2.89. The Bertz CT molecular complexity index is 225. The lowest BCUT2D eigenvalue weighted by Gasteiger charge is -2.12. The third kappa shape index (κ3) is 1.64. The molecule has 0 spiro atoms. The summed E-state index contributed by atoms with van der Waals surface area (Å²) in [6.07, 6.45) is 1.89. The summed E-state index contributed by atoms with van der Waals surface area (Å²) in [7, 11) is 0. The highest BCUT2D eigenvalue weighted by molar-refractivity contribution is 5.88. The van der Waals surface area contributed by atoms with Crippen LogP contribution < -0.4 is 5.73 Å². The summed E-state index contributed by atoms with van der Waals surface area (Å²) in [4.78, 5) is 23.4. The molecule has 1 rings (SSSR count). The molecule has 4 heteroatoms. The molecule has 0 aromatic carbocycles. The number of primary amides is 1. The van der Waals surface area contributed by atoms with E-state index in [0.717, 1.165) is 0 Å². The lowest BCUT2D eigenvalue weighted by atomic mass is 10.1. The first-order valence-electron chi connectivity index (χ1n) is 3.83. The molecule has 4 nitrogen and oxygen atoms in total. The fourth-order valence-corrected chi connectivity index (χ4v) is 1.30. The highest BCUT2D eigenvalue weighted by Gasteiger charge is 2.31. The minimum Gasteiger partial charge on any atom is -0.369 e. The number of carbonyl (C=O) groups excluding carboxylic acids is 2. The minimum atomic E-state index is -0.394. The molecule has 66 valence electrons. The van der Waals surface area contributed by atoms with Crippen LogP contribution in [0.15, 0.2) is 12.7 Å². The molecule has 0 aromatic heterocycles. The lowest BCUT2D eigenvalue weighted by Crippen LogP contribution is -2.28. The number of likely N-dealkylation sites (tertiary alicyclic amines) is 1. The van der Waals surface area contributed by atoms with Crippen LogP contribution in [0.4, 0.5) is 0 Å². The normalized spacial score (nSPS) is 22.8. The topological polar surface area (TPSA) is 63.4 Å². The van der Waals surface area contributed by atoms with Crippen molar-refractivity contribution >= 4 is 11.8 Å². The third-order valence-corrected chi connectivity index (χ3v) is 1.97. The fraction of sp³-hybridized carbons (Fsp3) is 0.500. The largest absolute Gasteiger partial charge is 0.369 e. The van der Waals surface area contributed by atoms with Crippen LogP contribution >= 0.6 is 0 Å². The predicted molar refractivity (Wildman–Crippen MR) is 44.1 cm³/mol. The van der Waals surface area contributed by atoms with Gasteiger partial charge in [0.1, 0.15) is 0 Å². The number of carbonyl (C=O) groups is 2. The molecule has 0 unspecified atom stereocenters. The Morgan fingerprint density at radius 2 is 2.50 bits per heavy atom. The molecule has 1 saturated heterocycles. The van der Waals surface area contributed by atoms with E-state index in [0.29, 0.717) is 13.1 Å². The minimum absolute atomic E-state index is 0.0151. The number of amides is 2. The maximum Gasteiger partial charge on any atom is 0.223 e. The van der Waals surface area contributed by atoms with Crippen LogP contribution in [0.25, 0.3) is 0 Å². The average molecular weight is 168 g/mol. The standard InChI is InChI=1S/C8H12N2O2/c1-2-3-10-5-6(8(9)12)4-7(10)11/h2,6H,1,3-5H2,(H2,9,12)/t6-/m1/s1. The van der Waals surface area contributed by atoms with E-state index < -0.39 is 5.91 Å². The summed E-state index contributed by atoms with van der Waals surface area (Å²) in [5, 5.41) is 0. The summed E-state index contributed by atoms with van der Waals surface area (Å²) in [5.41, 5.74) is 5.07. The van der Waals surface area contributed by atoms with Crippen LogP contribution in [0.2, 0.25) is 0 Å². The zero-order valence-electron chi connectivity index (χ0n) is 6.82. The van der Waals surface area contributed by atoms with E-state index in [-0.39, 0.29) is 18.2 Å². The molecule has 12 heavy (non-hydrogen) atoms.